The van der Waals surface area contributed by atoms with Gasteiger partial charge in [-0.05, 0) is 132 Å². The normalized spacial score (nSPS) is 10.6. The van der Waals surface area contributed by atoms with Gasteiger partial charge in [0, 0.05) is 6.61 Å². The summed E-state index contributed by atoms with van der Waals surface area (Å²) in [7, 11) is 3.35. The van der Waals surface area contributed by atoms with Crippen LogP contribution in [-0.2, 0) is 22.7 Å². The Balaban J connectivity index is 0. The van der Waals surface area contributed by atoms with Crippen LogP contribution < -0.4 is 9.47 Å². The molecule has 4 aromatic carbocycles. The van der Waals surface area contributed by atoms with Crippen LogP contribution in [0, 0.1) is 0 Å². The van der Waals surface area contributed by atoms with E-state index in [0.717, 1.165) is 63.2 Å². The molecule has 0 fully saturated rings. The van der Waals surface area contributed by atoms with Gasteiger partial charge in [0.2, 0.25) is 0 Å². The number of allylic oxidation sites excluding steroid dienone is 2. The average molecular weight is 951 g/mol. The number of ether oxygens (including phenoxy) is 4. The van der Waals surface area contributed by atoms with Gasteiger partial charge in [0.15, 0.2) is 11.6 Å². The van der Waals surface area contributed by atoms with Crippen LogP contribution in [0.2, 0.25) is 0 Å². The first-order valence-corrected chi connectivity index (χ1v) is 23.1. The Hall–Kier alpha value is -5.38. The number of unbranched alkanes of at least 4 members (excludes halogenated alkanes) is 7. The summed E-state index contributed by atoms with van der Waals surface area (Å²) in [6.07, 6.45) is 21.7. The van der Waals surface area contributed by atoms with E-state index in [4.69, 9.17) is 54.7 Å². The molecule has 0 bridgehead atoms. The van der Waals surface area contributed by atoms with E-state index in [1.54, 1.807) is 74.9 Å². The van der Waals surface area contributed by atoms with Gasteiger partial charge >= 0.3 is 11.9 Å². The van der Waals surface area contributed by atoms with E-state index in [2.05, 4.69) is 31.2 Å². The lowest BCUT2D eigenvalue weighted by Crippen LogP contribution is -2.15. The minimum absolute atomic E-state index is 0.308. The Bertz CT molecular complexity index is 1650. The monoisotopic (exact) mass is 951 g/mol. The van der Waals surface area contributed by atoms with Crippen LogP contribution >= 0.6 is 0 Å². The molecule has 0 aromatic heterocycles. The van der Waals surface area contributed by atoms with Gasteiger partial charge in [-0.25, -0.2) is 9.59 Å². The van der Waals surface area contributed by atoms with Crippen LogP contribution in [0.5, 0.6) is 11.5 Å². The molecule has 0 spiro atoms. The van der Waals surface area contributed by atoms with E-state index >= 15 is 0 Å². The van der Waals surface area contributed by atoms with Crippen molar-refractivity contribution in [2.75, 3.05) is 34.0 Å². The molecule has 13 nitrogen and oxygen atoms in total. The summed E-state index contributed by atoms with van der Waals surface area (Å²) >= 11 is 0. The molecule has 13 heteroatoms. The highest BCUT2D eigenvalue weighted by atomic mass is 16.5. The number of carboxylic acids is 2. The van der Waals surface area contributed by atoms with Crippen LogP contribution in [0.1, 0.15) is 137 Å². The highest BCUT2D eigenvalue weighted by Gasteiger charge is 2.02. The Kier molecular flexibility index (Phi) is 40.9. The number of methoxy groups -OCH3 is 2. The molecule has 380 valence electrons. The summed E-state index contributed by atoms with van der Waals surface area (Å²) in [6.45, 7) is 10.6. The molecule has 0 radical (unpaired) electrons. The van der Waals surface area contributed by atoms with E-state index in [-0.39, 0.29) is 0 Å². The lowest BCUT2D eigenvalue weighted by Gasteiger charge is -2.04. The molecule has 68 heavy (non-hydrogen) atoms. The van der Waals surface area contributed by atoms with E-state index < -0.39 is 23.5 Å². The molecule has 0 aliphatic carbocycles. The summed E-state index contributed by atoms with van der Waals surface area (Å²) in [5.41, 5.74) is 3.02. The number of aliphatic hydroxyl groups excluding tert-OH is 1. The molecule has 0 atom stereocenters. The van der Waals surface area contributed by atoms with Gasteiger partial charge in [0.1, 0.15) is 11.5 Å². The van der Waals surface area contributed by atoms with Crippen molar-refractivity contribution in [3.8, 4) is 11.5 Å². The van der Waals surface area contributed by atoms with Gasteiger partial charge in [-0.2, -0.15) is 0 Å². The molecular formula is C55H82O13. The van der Waals surface area contributed by atoms with Gasteiger partial charge in [-0.1, -0.05) is 118 Å². The highest BCUT2D eigenvalue weighted by molar-refractivity contribution is 5.87. The van der Waals surface area contributed by atoms with Gasteiger partial charge in [-0.15, -0.1) is 0 Å². The van der Waals surface area contributed by atoms with Crippen molar-refractivity contribution in [3.63, 3.8) is 0 Å². The zero-order valence-corrected chi connectivity index (χ0v) is 41.6. The van der Waals surface area contributed by atoms with Crippen LogP contribution in [0.3, 0.4) is 0 Å². The van der Waals surface area contributed by atoms with Crippen LogP contribution in [0.25, 0.3) is 0 Å². The summed E-state index contributed by atoms with van der Waals surface area (Å²) in [4.78, 5) is 20.4. The van der Waals surface area contributed by atoms with Crippen molar-refractivity contribution in [2.45, 2.75) is 130 Å². The fourth-order valence-corrected chi connectivity index (χ4v) is 5.00. The number of aliphatic hydroxyl groups is 5. The SMILES string of the molecule is CC(C)(O)O.CC(C)(O)O.CCCCCC/C=C\CCOCc1ccc(OC)cc1.COc1ccc(COCC/C=C\CCCCCO)cc1.O=C(O)c1ccccc1.O=C(O)c1ccccc1. The molecule has 7 N–H and O–H groups in total. The van der Waals surface area contributed by atoms with Crippen molar-refractivity contribution in [1.29, 1.82) is 0 Å². The van der Waals surface area contributed by atoms with Gasteiger partial charge in [0.05, 0.1) is 51.8 Å². The van der Waals surface area contributed by atoms with Crippen LogP contribution in [0.15, 0.2) is 133 Å². The second-order valence-electron chi connectivity index (χ2n) is 16.1. The summed E-state index contributed by atoms with van der Waals surface area (Å²) in [5.74, 6) is -3.00. The second kappa shape index (κ2) is 42.9. The van der Waals surface area contributed by atoms with Crippen molar-refractivity contribution >= 4 is 11.9 Å². The largest absolute Gasteiger partial charge is 0.497 e. The maximum absolute atomic E-state index is 10.2. The highest BCUT2D eigenvalue weighted by Crippen LogP contribution is 2.13. The van der Waals surface area contributed by atoms with Crippen molar-refractivity contribution in [3.05, 3.63) is 156 Å². The first-order chi connectivity index (χ1) is 32.3. The quantitative estimate of drug-likeness (QED) is 0.0198. The molecule has 0 heterocycles. The molecule has 0 unspecified atom stereocenters. The maximum atomic E-state index is 10.2. The van der Waals surface area contributed by atoms with Gasteiger partial charge in [0.25, 0.3) is 0 Å². The number of carbonyl (C=O) groups is 2. The molecule has 0 saturated heterocycles. The molecule has 4 rings (SSSR count). The number of hydrogen-bond acceptors (Lipinski definition) is 11. The fraction of sp³-hybridized carbons (Fsp3) is 0.455. The number of benzene rings is 4. The summed E-state index contributed by atoms with van der Waals surface area (Å²) in [5, 5.41) is 57.7. The third-order valence-electron chi connectivity index (χ3n) is 8.34. The van der Waals surface area contributed by atoms with Gasteiger partial charge in [-0.3, -0.25) is 0 Å². The molecule has 0 aliphatic rings. The number of hydrogen-bond donors (Lipinski definition) is 7. The van der Waals surface area contributed by atoms with E-state index in [1.807, 2.05) is 48.5 Å². The molecule has 4 aromatic rings. The van der Waals surface area contributed by atoms with Crippen molar-refractivity contribution in [1.82, 2.24) is 0 Å². The zero-order chi connectivity index (χ0) is 51.3. The minimum Gasteiger partial charge on any atom is -0.497 e. The number of rotatable bonds is 24. The topological polar surface area (TPSA) is 213 Å². The predicted octanol–water partition coefficient (Wildman–Crippen LogP) is 11.0. The van der Waals surface area contributed by atoms with Gasteiger partial charge < -0.3 is 54.7 Å². The third-order valence-corrected chi connectivity index (χ3v) is 8.34. The van der Waals surface area contributed by atoms with E-state index in [9.17, 15) is 9.59 Å². The van der Waals surface area contributed by atoms with Crippen LogP contribution in [0.4, 0.5) is 0 Å². The molecule has 0 saturated carbocycles. The third kappa shape index (κ3) is 48.6. The Morgan fingerprint density at radius 3 is 1.09 bits per heavy atom. The lowest BCUT2D eigenvalue weighted by molar-refractivity contribution is -0.128. The molecule has 0 amide bonds. The first-order valence-electron chi connectivity index (χ1n) is 23.1. The van der Waals surface area contributed by atoms with Crippen LogP contribution in [-0.4, -0.2) is 93.3 Å². The second-order valence-corrected chi connectivity index (χ2v) is 16.1. The standard InChI is InChI=1S/C18H28O2.C17H26O3.2C7H6O2.2C3H8O2/c1-3-4-5-6-7-8-9-10-15-20-16-17-11-13-18(19-2)14-12-17;1-19-17-11-9-16(10-12-17)15-20-14-8-6-4-2-3-5-7-13-18;2*8-7(9)6-4-2-1-3-5-6;2*1-3(2,4)5/h8-9,11-14H,3-7,10,15-16H2,1-2H3;4,6,9-12,18H,2-3,5,7-8,13-15H2,1H3;2*1-5H,(H,8,9);2*4-5H,1-2H3/b9-8-;6-4-;;;;. The Morgan fingerprint density at radius 2 is 0.809 bits per heavy atom. The Morgan fingerprint density at radius 1 is 0.485 bits per heavy atom. The fourth-order valence-electron chi connectivity index (χ4n) is 5.00. The predicted molar refractivity (Wildman–Crippen MR) is 271 cm³/mol. The number of aromatic carboxylic acids is 2. The zero-order valence-electron chi connectivity index (χ0n) is 41.6. The van der Waals surface area contributed by atoms with Crippen molar-refractivity contribution < 1.29 is 64.3 Å². The summed E-state index contributed by atoms with van der Waals surface area (Å²) in [6, 6.07) is 32.6. The summed E-state index contributed by atoms with van der Waals surface area (Å²) < 4.78 is 21.5. The number of carboxylic acid groups (broad SMARTS) is 2. The minimum atomic E-state index is -1.50. The Labute approximate surface area is 406 Å². The average Bonchev–Trinajstić information content (AvgIpc) is 3.31. The van der Waals surface area contributed by atoms with E-state index in [1.165, 1.54) is 70.9 Å². The maximum Gasteiger partial charge on any atom is 0.335 e. The first kappa shape index (κ1) is 64.7. The molecular weight excluding hydrogens is 869 g/mol. The lowest BCUT2D eigenvalue weighted by atomic mass is 10.1. The smallest absolute Gasteiger partial charge is 0.335 e. The van der Waals surface area contributed by atoms with E-state index in [0.29, 0.717) is 30.9 Å². The van der Waals surface area contributed by atoms with Crippen molar-refractivity contribution in [2.24, 2.45) is 0 Å². The molecule has 0 aliphatic heterocycles.